The maximum absolute atomic E-state index is 10.6. The van der Waals surface area contributed by atoms with Crippen LogP contribution in [0.4, 0.5) is 0 Å². The quantitative estimate of drug-likeness (QED) is 0.320. The van der Waals surface area contributed by atoms with Crippen LogP contribution in [0.15, 0.2) is 12.2 Å². The summed E-state index contributed by atoms with van der Waals surface area (Å²) in [6.07, 6.45) is 0. The average Bonchev–Trinajstić information content (AvgIpc) is 2.00. The third-order valence-electron chi connectivity index (χ3n) is 0.916. The molecule has 72 valence electrons. The molecule has 6 N–H and O–H groups in total. The van der Waals surface area contributed by atoms with Crippen LogP contribution in [0.25, 0.3) is 0 Å². The molecule has 0 atom stereocenters. The Morgan fingerprint density at radius 1 is 1.00 bits per heavy atom. The van der Waals surface area contributed by atoms with E-state index >= 15 is 0 Å². The molecule has 0 aromatic heterocycles. The number of Topliss-reactive ketones (excluding diaryl/α,β-unsaturated/α-hetero) is 2. The van der Waals surface area contributed by atoms with Gasteiger partial charge < -0.3 is 12.3 Å². The van der Waals surface area contributed by atoms with Crippen molar-refractivity contribution in [2.75, 3.05) is 11.8 Å². The highest BCUT2D eigenvalue weighted by molar-refractivity contribution is 6.39. The molecule has 0 aromatic rings. The van der Waals surface area contributed by atoms with Crippen LogP contribution in [0.1, 0.15) is 0 Å². The summed E-state index contributed by atoms with van der Waals surface area (Å²) in [6, 6.07) is 0. The Hall–Kier alpha value is -0.420. The summed E-state index contributed by atoms with van der Waals surface area (Å²) in [4.78, 5) is 21.2. The Morgan fingerprint density at radius 2 is 1.25 bits per heavy atom. The molecule has 0 amide bonds. The van der Waals surface area contributed by atoms with E-state index in [4.69, 9.17) is 23.2 Å². The fourth-order valence-corrected chi connectivity index (χ4v) is 0.639. The molecule has 0 aliphatic carbocycles. The van der Waals surface area contributed by atoms with Crippen molar-refractivity contribution in [3.8, 4) is 0 Å². The molecular formula is C6H12Cl2N2O2. The van der Waals surface area contributed by atoms with Gasteiger partial charge >= 0.3 is 0 Å². The fourth-order valence-electron chi connectivity index (χ4n) is 0.317. The van der Waals surface area contributed by atoms with E-state index < -0.39 is 11.6 Å². The smallest absolute Gasteiger partial charge is 0.180 e. The number of hydrogen-bond donors (Lipinski definition) is 2. The van der Waals surface area contributed by atoms with E-state index in [0.717, 1.165) is 0 Å². The second kappa shape index (κ2) is 8.67. The monoisotopic (exact) mass is 214 g/mol. The summed E-state index contributed by atoms with van der Waals surface area (Å²) in [6.45, 7) is 3.23. The molecule has 0 rings (SSSR count). The van der Waals surface area contributed by atoms with Crippen LogP contribution >= 0.6 is 23.2 Å². The molecule has 0 fully saturated rings. The highest BCUT2D eigenvalue weighted by Gasteiger charge is 2.12. The Morgan fingerprint density at radius 3 is 1.42 bits per heavy atom. The zero-order valence-corrected chi connectivity index (χ0v) is 8.12. The summed E-state index contributed by atoms with van der Waals surface area (Å²) >= 11 is 10.3. The van der Waals surface area contributed by atoms with Crippen LogP contribution in [0.3, 0.4) is 0 Å². The minimum Gasteiger partial charge on any atom is -0.344 e. The van der Waals surface area contributed by atoms with Crippen molar-refractivity contribution >= 4 is 34.8 Å². The van der Waals surface area contributed by atoms with Gasteiger partial charge in [0.1, 0.15) is 0 Å². The average molecular weight is 215 g/mol. The lowest BCUT2D eigenvalue weighted by Crippen LogP contribution is -2.13. The van der Waals surface area contributed by atoms with Crippen LogP contribution in [0.2, 0.25) is 0 Å². The van der Waals surface area contributed by atoms with Gasteiger partial charge in [0, 0.05) is 0 Å². The number of carbonyl (C=O) groups excluding carboxylic acids is 2. The molecule has 12 heavy (non-hydrogen) atoms. The summed E-state index contributed by atoms with van der Waals surface area (Å²) in [7, 11) is 0. The van der Waals surface area contributed by atoms with Gasteiger partial charge in [-0.05, 0) is 0 Å². The minimum absolute atomic E-state index is 0. The van der Waals surface area contributed by atoms with Crippen molar-refractivity contribution in [1.29, 1.82) is 0 Å². The SMILES string of the molecule is C=C(C(=O)CCl)C(=O)CCl.N.N. The van der Waals surface area contributed by atoms with Gasteiger partial charge in [-0.15, -0.1) is 23.2 Å². The largest absolute Gasteiger partial charge is 0.344 e. The summed E-state index contributed by atoms with van der Waals surface area (Å²) in [5.41, 5.74) is -0.120. The molecule has 6 heteroatoms. The number of hydrogen-bond acceptors (Lipinski definition) is 4. The lowest BCUT2D eigenvalue weighted by atomic mass is 10.1. The molecule has 0 aliphatic heterocycles. The molecule has 0 aliphatic rings. The number of rotatable bonds is 4. The first-order valence-corrected chi connectivity index (χ1v) is 3.57. The van der Waals surface area contributed by atoms with Gasteiger partial charge in [-0.3, -0.25) is 9.59 Å². The van der Waals surface area contributed by atoms with Crippen LogP contribution in [0.5, 0.6) is 0 Å². The molecule has 0 radical (unpaired) electrons. The molecule has 0 bridgehead atoms. The summed E-state index contributed by atoms with van der Waals surface area (Å²) in [5.74, 6) is -1.37. The second-order valence-corrected chi connectivity index (χ2v) is 2.13. The van der Waals surface area contributed by atoms with Crippen molar-refractivity contribution in [1.82, 2.24) is 12.3 Å². The van der Waals surface area contributed by atoms with Crippen molar-refractivity contribution in [3.63, 3.8) is 0 Å². The predicted octanol–water partition coefficient (Wildman–Crippen LogP) is 1.48. The van der Waals surface area contributed by atoms with Crippen molar-refractivity contribution in [3.05, 3.63) is 12.2 Å². The van der Waals surface area contributed by atoms with Gasteiger partial charge in [0.15, 0.2) is 11.6 Å². The van der Waals surface area contributed by atoms with E-state index in [0.29, 0.717) is 0 Å². The molecule has 4 nitrogen and oxygen atoms in total. The highest BCUT2D eigenvalue weighted by atomic mass is 35.5. The summed E-state index contributed by atoms with van der Waals surface area (Å²) in [5, 5.41) is 0. The first-order valence-electron chi connectivity index (χ1n) is 2.50. The first kappa shape index (κ1) is 17.6. The molecule has 0 heterocycles. The van der Waals surface area contributed by atoms with Gasteiger partial charge in [-0.1, -0.05) is 6.58 Å². The number of halogens is 2. The number of alkyl halides is 2. The lowest BCUT2D eigenvalue weighted by molar-refractivity contribution is -0.118. The maximum atomic E-state index is 10.6. The zero-order valence-electron chi connectivity index (χ0n) is 6.61. The Bertz CT molecular complexity index is 164. The standard InChI is InChI=1S/C6H6Cl2O2.2H3N/c1-4(5(9)2-7)6(10)3-8;;/h1-3H2;2*1H3. The van der Waals surface area contributed by atoms with E-state index in [9.17, 15) is 9.59 Å². The van der Waals surface area contributed by atoms with E-state index in [1.165, 1.54) is 0 Å². The number of allylic oxidation sites excluding steroid dienone is 1. The van der Waals surface area contributed by atoms with Gasteiger partial charge in [-0.2, -0.15) is 0 Å². The molecule has 0 saturated heterocycles. The van der Waals surface area contributed by atoms with Crippen LogP contribution < -0.4 is 12.3 Å². The Balaban J connectivity index is -0.000000405. The topological polar surface area (TPSA) is 104 Å². The fraction of sp³-hybridized carbons (Fsp3) is 0.333. The minimum atomic E-state index is -0.465. The van der Waals surface area contributed by atoms with Crippen molar-refractivity contribution in [2.45, 2.75) is 0 Å². The van der Waals surface area contributed by atoms with Crippen molar-refractivity contribution < 1.29 is 9.59 Å². The van der Waals surface area contributed by atoms with Gasteiger partial charge in [0.05, 0.1) is 17.3 Å². The Labute approximate surface area is 81.1 Å². The van der Waals surface area contributed by atoms with Crippen LogP contribution in [-0.2, 0) is 9.59 Å². The molecule has 0 saturated carbocycles. The number of carbonyl (C=O) groups is 2. The van der Waals surface area contributed by atoms with E-state index in [-0.39, 0.29) is 29.6 Å². The lowest BCUT2D eigenvalue weighted by Gasteiger charge is -1.95. The zero-order chi connectivity index (χ0) is 8.15. The van der Waals surface area contributed by atoms with Crippen LogP contribution in [0, 0.1) is 0 Å². The molecular weight excluding hydrogens is 203 g/mol. The number of ketones is 2. The van der Waals surface area contributed by atoms with Crippen LogP contribution in [-0.4, -0.2) is 23.3 Å². The third-order valence-corrected chi connectivity index (χ3v) is 1.40. The maximum Gasteiger partial charge on any atom is 0.180 e. The van der Waals surface area contributed by atoms with E-state index in [2.05, 4.69) is 6.58 Å². The van der Waals surface area contributed by atoms with Gasteiger partial charge in [0.2, 0.25) is 0 Å². The normalized spacial score (nSPS) is 7.50. The highest BCUT2D eigenvalue weighted by Crippen LogP contribution is 1.98. The van der Waals surface area contributed by atoms with Gasteiger partial charge in [-0.25, -0.2) is 0 Å². The second-order valence-electron chi connectivity index (χ2n) is 1.59. The van der Waals surface area contributed by atoms with E-state index in [1.54, 1.807) is 0 Å². The van der Waals surface area contributed by atoms with Crippen molar-refractivity contribution in [2.24, 2.45) is 0 Å². The molecule has 0 unspecified atom stereocenters. The van der Waals surface area contributed by atoms with E-state index in [1.807, 2.05) is 0 Å². The first-order chi connectivity index (χ1) is 4.63. The summed E-state index contributed by atoms with van der Waals surface area (Å²) < 4.78 is 0. The molecule has 0 spiro atoms. The molecule has 0 aromatic carbocycles. The predicted molar refractivity (Wildman–Crippen MR) is 50.6 cm³/mol. The Kier molecular flexibility index (Phi) is 12.7. The van der Waals surface area contributed by atoms with Gasteiger partial charge in [0.25, 0.3) is 0 Å². The third kappa shape index (κ3) is 5.26.